The normalized spacial score (nSPS) is 14.8. The van der Waals surface area contributed by atoms with E-state index in [1.54, 1.807) is 6.07 Å². The number of aromatic nitrogens is 2. The van der Waals surface area contributed by atoms with E-state index in [2.05, 4.69) is 29.7 Å². The molecule has 38 heavy (non-hydrogen) atoms. The first-order valence-corrected chi connectivity index (χ1v) is 13.3. The molecule has 7 heteroatoms. The summed E-state index contributed by atoms with van der Waals surface area (Å²) < 4.78 is 1.96. The van der Waals surface area contributed by atoms with Crippen LogP contribution >= 0.6 is 0 Å². The molecule has 2 aromatic carbocycles. The number of hydrogen-bond donors (Lipinski definition) is 3. The Morgan fingerprint density at radius 2 is 1.74 bits per heavy atom. The van der Waals surface area contributed by atoms with Gasteiger partial charge in [0.1, 0.15) is 11.5 Å². The summed E-state index contributed by atoms with van der Waals surface area (Å²) in [6.07, 6.45) is 7.59. The molecular formula is C31H34N4O3. The van der Waals surface area contributed by atoms with Gasteiger partial charge in [-0.1, -0.05) is 72.9 Å². The van der Waals surface area contributed by atoms with Crippen LogP contribution in [0.1, 0.15) is 71.6 Å². The fourth-order valence-corrected chi connectivity index (χ4v) is 5.37. The molecule has 5 rings (SSSR count). The number of pyridine rings is 1. The molecule has 1 aliphatic rings. The molecule has 7 nitrogen and oxygen atoms in total. The lowest BCUT2D eigenvalue weighted by atomic mass is 9.95. The third-order valence-electron chi connectivity index (χ3n) is 7.26. The Balaban J connectivity index is 1.55. The quantitative estimate of drug-likeness (QED) is 0.258. The molecule has 1 atom stereocenters. The van der Waals surface area contributed by atoms with Gasteiger partial charge in [0.2, 0.25) is 0 Å². The number of carbonyl (C=O) groups is 2. The molecule has 2 heterocycles. The second-order valence-electron chi connectivity index (χ2n) is 10.3. The number of carbonyl (C=O) groups excluding carboxylic acids is 1. The lowest BCUT2D eigenvalue weighted by Gasteiger charge is -2.24. The molecule has 1 unspecified atom stereocenters. The summed E-state index contributed by atoms with van der Waals surface area (Å²) in [4.78, 5) is 30.3. The van der Waals surface area contributed by atoms with Gasteiger partial charge in [0, 0.05) is 17.8 Å². The SMILES string of the molecule is Cc1cccc(-c2nc3c(C(=O)NC(CC(=O)O)c4cccc(C)c4)cccn3c2NC2CCCCC2)c1. The second kappa shape index (κ2) is 11.1. The number of imidazole rings is 1. The van der Waals surface area contributed by atoms with Gasteiger partial charge in [0.25, 0.3) is 5.91 Å². The van der Waals surface area contributed by atoms with Crippen LogP contribution in [0.3, 0.4) is 0 Å². The smallest absolute Gasteiger partial charge is 0.305 e. The number of aliphatic carboxylic acids is 1. The zero-order valence-corrected chi connectivity index (χ0v) is 21.9. The van der Waals surface area contributed by atoms with E-state index in [0.29, 0.717) is 17.3 Å². The Kier molecular flexibility index (Phi) is 7.45. The summed E-state index contributed by atoms with van der Waals surface area (Å²) >= 11 is 0. The lowest BCUT2D eigenvalue weighted by Crippen LogP contribution is -2.30. The van der Waals surface area contributed by atoms with Gasteiger partial charge >= 0.3 is 5.97 Å². The van der Waals surface area contributed by atoms with Crippen molar-refractivity contribution in [2.75, 3.05) is 5.32 Å². The first-order chi connectivity index (χ1) is 18.4. The number of nitrogens with zero attached hydrogens (tertiary/aromatic N) is 2. The average Bonchev–Trinajstić information content (AvgIpc) is 3.27. The Labute approximate surface area is 222 Å². The third-order valence-corrected chi connectivity index (χ3v) is 7.26. The second-order valence-corrected chi connectivity index (χ2v) is 10.3. The number of carboxylic acids is 1. The molecule has 1 fully saturated rings. The highest BCUT2D eigenvalue weighted by Gasteiger charge is 2.25. The summed E-state index contributed by atoms with van der Waals surface area (Å²) in [5.41, 5.74) is 5.64. The van der Waals surface area contributed by atoms with Gasteiger partial charge in [0.15, 0.2) is 5.65 Å². The van der Waals surface area contributed by atoms with Crippen LogP contribution < -0.4 is 10.6 Å². The van der Waals surface area contributed by atoms with Crippen molar-refractivity contribution >= 4 is 23.3 Å². The summed E-state index contributed by atoms with van der Waals surface area (Å²) in [6.45, 7) is 4.00. The molecule has 1 saturated carbocycles. The Hall–Kier alpha value is -4.13. The molecule has 0 bridgehead atoms. The molecule has 0 radical (unpaired) electrons. The highest BCUT2D eigenvalue weighted by atomic mass is 16.4. The molecule has 0 aliphatic heterocycles. The van der Waals surface area contributed by atoms with Gasteiger partial charge in [-0.25, -0.2) is 4.98 Å². The topological polar surface area (TPSA) is 95.7 Å². The zero-order valence-electron chi connectivity index (χ0n) is 21.9. The highest BCUT2D eigenvalue weighted by molar-refractivity contribution is 6.01. The van der Waals surface area contributed by atoms with Gasteiger partial charge in [0.05, 0.1) is 18.0 Å². The number of anilines is 1. The van der Waals surface area contributed by atoms with Crippen molar-refractivity contribution < 1.29 is 14.7 Å². The first kappa shape index (κ1) is 25.5. The standard InChI is InChI=1S/C31H34N4O3/c1-20-9-6-11-22(17-20)26(19-27(36)37)33-31(38)25-15-8-16-35-29(25)34-28(23-12-7-10-21(2)18-23)30(35)32-24-13-4-3-5-14-24/h6-12,15-18,24,26,32H,3-5,13-14,19H2,1-2H3,(H,33,38)(H,36,37). The van der Waals surface area contributed by atoms with E-state index >= 15 is 0 Å². The number of nitrogens with one attached hydrogen (secondary N) is 2. The van der Waals surface area contributed by atoms with Crippen molar-refractivity contribution in [3.8, 4) is 11.3 Å². The van der Waals surface area contributed by atoms with Crippen molar-refractivity contribution in [3.05, 3.63) is 89.1 Å². The van der Waals surface area contributed by atoms with Crippen LogP contribution in [0, 0.1) is 13.8 Å². The van der Waals surface area contributed by atoms with Gasteiger partial charge in [-0.05, 0) is 50.5 Å². The first-order valence-electron chi connectivity index (χ1n) is 13.3. The monoisotopic (exact) mass is 510 g/mol. The maximum absolute atomic E-state index is 13.6. The number of fused-ring (bicyclic) bond motifs is 1. The summed E-state index contributed by atoms with van der Waals surface area (Å²) in [7, 11) is 0. The molecule has 196 valence electrons. The van der Waals surface area contributed by atoms with Crippen LogP contribution in [0.25, 0.3) is 16.9 Å². The van der Waals surface area contributed by atoms with Crippen molar-refractivity contribution in [2.45, 2.75) is 64.5 Å². The number of amides is 1. The van der Waals surface area contributed by atoms with Crippen LogP contribution in [0.5, 0.6) is 0 Å². The molecule has 4 aromatic rings. The number of hydrogen-bond acceptors (Lipinski definition) is 4. The predicted molar refractivity (Wildman–Crippen MR) is 149 cm³/mol. The summed E-state index contributed by atoms with van der Waals surface area (Å²) in [6, 6.07) is 19.1. The molecule has 0 saturated heterocycles. The average molecular weight is 511 g/mol. The maximum Gasteiger partial charge on any atom is 0.305 e. The minimum Gasteiger partial charge on any atom is -0.481 e. The Morgan fingerprint density at radius 1 is 1.00 bits per heavy atom. The van der Waals surface area contributed by atoms with Crippen LogP contribution in [0.2, 0.25) is 0 Å². The van der Waals surface area contributed by atoms with Gasteiger partial charge in [-0.2, -0.15) is 0 Å². The van der Waals surface area contributed by atoms with Crippen LogP contribution in [0.4, 0.5) is 5.82 Å². The van der Waals surface area contributed by atoms with Crippen LogP contribution in [-0.2, 0) is 4.79 Å². The summed E-state index contributed by atoms with van der Waals surface area (Å²) in [5.74, 6) is -0.446. The fourth-order valence-electron chi connectivity index (χ4n) is 5.37. The van der Waals surface area contributed by atoms with E-state index in [4.69, 9.17) is 4.98 Å². The number of aryl methyl sites for hydroxylation is 2. The zero-order chi connectivity index (χ0) is 26.6. The van der Waals surface area contributed by atoms with Crippen LogP contribution in [0.15, 0.2) is 66.9 Å². The number of benzene rings is 2. The summed E-state index contributed by atoms with van der Waals surface area (Å²) in [5, 5.41) is 16.2. The van der Waals surface area contributed by atoms with E-state index in [-0.39, 0.29) is 12.3 Å². The van der Waals surface area contributed by atoms with Gasteiger partial charge in [-0.15, -0.1) is 0 Å². The minimum absolute atomic E-state index is 0.213. The van der Waals surface area contributed by atoms with E-state index < -0.39 is 12.0 Å². The van der Waals surface area contributed by atoms with Crippen molar-refractivity contribution in [1.82, 2.24) is 14.7 Å². The molecular weight excluding hydrogens is 476 g/mol. The third kappa shape index (κ3) is 5.57. The van der Waals surface area contributed by atoms with Crippen molar-refractivity contribution in [2.24, 2.45) is 0 Å². The van der Waals surface area contributed by atoms with Crippen molar-refractivity contribution in [3.63, 3.8) is 0 Å². The maximum atomic E-state index is 13.6. The van der Waals surface area contributed by atoms with Crippen molar-refractivity contribution in [1.29, 1.82) is 0 Å². The highest BCUT2D eigenvalue weighted by Crippen LogP contribution is 2.33. The number of carboxylic acid groups (broad SMARTS) is 1. The van der Waals surface area contributed by atoms with Gasteiger partial charge in [-0.3, -0.25) is 14.0 Å². The van der Waals surface area contributed by atoms with E-state index in [0.717, 1.165) is 46.6 Å². The Morgan fingerprint density at radius 3 is 2.45 bits per heavy atom. The number of rotatable bonds is 8. The fraction of sp³-hybridized carbons (Fsp3) is 0.323. The lowest BCUT2D eigenvalue weighted by molar-refractivity contribution is -0.137. The molecule has 1 aliphatic carbocycles. The molecule has 0 spiro atoms. The van der Waals surface area contributed by atoms with E-state index in [1.165, 1.54) is 19.3 Å². The van der Waals surface area contributed by atoms with E-state index in [1.807, 2.05) is 60.0 Å². The largest absolute Gasteiger partial charge is 0.481 e. The van der Waals surface area contributed by atoms with E-state index in [9.17, 15) is 14.7 Å². The van der Waals surface area contributed by atoms with Crippen LogP contribution in [-0.4, -0.2) is 32.4 Å². The molecule has 2 aromatic heterocycles. The minimum atomic E-state index is -0.975. The molecule has 1 amide bonds. The predicted octanol–water partition coefficient (Wildman–Crippen LogP) is 6.31. The Bertz CT molecular complexity index is 1470. The van der Waals surface area contributed by atoms with Gasteiger partial charge < -0.3 is 15.7 Å². The molecule has 3 N–H and O–H groups in total.